The summed E-state index contributed by atoms with van der Waals surface area (Å²) in [6.07, 6.45) is 0. The van der Waals surface area contributed by atoms with Gasteiger partial charge >= 0.3 is 0 Å². The molecule has 0 atom stereocenters. The third kappa shape index (κ3) is 4.00. The van der Waals surface area contributed by atoms with Crippen LogP contribution in [0.1, 0.15) is 5.69 Å². The third-order valence-corrected chi connectivity index (χ3v) is 5.85. The molecule has 124 valence electrons. The van der Waals surface area contributed by atoms with Crippen molar-refractivity contribution in [2.45, 2.75) is 10.9 Å². The highest BCUT2D eigenvalue weighted by Crippen LogP contribution is 2.27. The van der Waals surface area contributed by atoms with E-state index >= 15 is 0 Å². The van der Waals surface area contributed by atoms with Gasteiger partial charge in [-0.05, 0) is 12.1 Å². The molecule has 0 bridgehead atoms. The van der Waals surface area contributed by atoms with Gasteiger partial charge in [0.1, 0.15) is 5.01 Å². The normalized spacial score (nSPS) is 10.9. The summed E-state index contributed by atoms with van der Waals surface area (Å²) in [5.41, 5.74) is 3.21. The van der Waals surface area contributed by atoms with Crippen LogP contribution in [0.4, 0.5) is 0 Å². The van der Waals surface area contributed by atoms with Gasteiger partial charge in [-0.15, -0.1) is 16.4 Å². The first-order valence-corrected chi connectivity index (χ1v) is 10.2. The highest BCUT2D eigenvalue weighted by atomic mass is 79.9. The summed E-state index contributed by atoms with van der Waals surface area (Å²) in [5.74, 6) is 1.53. The van der Waals surface area contributed by atoms with Gasteiger partial charge in [0.2, 0.25) is 5.16 Å². The number of thioether (sulfide) groups is 1. The summed E-state index contributed by atoms with van der Waals surface area (Å²) in [4.78, 5) is 9.24. The van der Waals surface area contributed by atoms with Gasteiger partial charge in [-0.2, -0.15) is 0 Å². The second-order valence-corrected chi connectivity index (χ2v) is 7.99. The predicted molar refractivity (Wildman–Crippen MR) is 107 cm³/mol. The number of H-pyrrole nitrogens is 1. The van der Waals surface area contributed by atoms with Crippen molar-refractivity contribution in [2.75, 3.05) is 0 Å². The average Bonchev–Trinajstić information content (AvgIpc) is 3.31. The van der Waals surface area contributed by atoms with E-state index in [0.29, 0.717) is 0 Å². The first-order valence-electron chi connectivity index (χ1n) is 7.59. The molecule has 25 heavy (non-hydrogen) atoms. The van der Waals surface area contributed by atoms with E-state index in [0.717, 1.165) is 43.0 Å². The molecule has 2 heterocycles. The molecule has 0 saturated carbocycles. The zero-order valence-corrected chi connectivity index (χ0v) is 16.2. The Balaban J connectivity index is 1.42. The lowest BCUT2D eigenvalue weighted by Crippen LogP contribution is -1.83. The van der Waals surface area contributed by atoms with E-state index in [1.807, 2.05) is 42.5 Å². The van der Waals surface area contributed by atoms with Gasteiger partial charge in [-0.1, -0.05) is 70.2 Å². The Morgan fingerprint density at radius 1 is 0.960 bits per heavy atom. The minimum Gasteiger partial charge on any atom is -0.258 e. The maximum absolute atomic E-state index is 4.70. The molecule has 4 nitrogen and oxygen atoms in total. The minimum atomic E-state index is 0.729. The van der Waals surface area contributed by atoms with E-state index in [1.165, 1.54) is 0 Å². The molecule has 0 unspecified atom stereocenters. The lowest BCUT2D eigenvalue weighted by molar-refractivity contribution is 0.972. The molecule has 0 aliphatic heterocycles. The highest BCUT2D eigenvalue weighted by molar-refractivity contribution is 9.10. The maximum Gasteiger partial charge on any atom is 0.209 e. The van der Waals surface area contributed by atoms with Crippen LogP contribution < -0.4 is 0 Å². The number of hydrogen-bond donors (Lipinski definition) is 1. The van der Waals surface area contributed by atoms with Crippen molar-refractivity contribution in [1.82, 2.24) is 20.2 Å². The Bertz CT molecular complexity index is 964. The van der Waals surface area contributed by atoms with Crippen molar-refractivity contribution in [3.63, 3.8) is 0 Å². The first-order chi connectivity index (χ1) is 12.3. The van der Waals surface area contributed by atoms with Crippen LogP contribution in [-0.4, -0.2) is 20.2 Å². The minimum absolute atomic E-state index is 0.729. The molecule has 7 heteroatoms. The fraction of sp³-hybridized carbons (Fsp3) is 0.0556. The average molecular weight is 429 g/mol. The Morgan fingerprint density at radius 3 is 2.56 bits per heavy atom. The van der Waals surface area contributed by atoms with Gasteiger partial charge in [0.05, 0.1) is 5.69 Å². The van der Waals surface area contributed by atoms with Crippen molar-refractivity contribution in [1.29, 1.82) is 0 Å². The molecule has 2 aromatic heterocycles. The fourth-order valence-electron chi connectivity index (χ4n) is 2.27. The zero-order chi connectivity index (χ0) is 17.1. The molecule has 0 aliphatic carbocycles. The SMILES string of the molecule is Brc1ccc(-c2nc(SCc3csc(-c4ccccc4)n3)n[nH]2)cc1. The second kappa shape index (κ2) is 7.51. The van der Waals surface area contributed by atoms with Crippen molar-refractivity contribution < 1.29 is 0 Å². The molecular formula is C18H13BrN4S2. The van der Waals surface area contributed by atoms with E-state index in [9.17, 15) is 0 Å². The Labute approximate surface area is 161 Å². The van der Waals surface area contributed by atoms with Crippen LogP contribution in [0, 0.1) is 0 Å². The number of aromatic nitrogens is 4. The van der Waals surface area contributed by atoms with Gasteiger partial charge in [0.15, 0.2) is 5.82 Å². The van der Waals surface area contributed by atoms with Gasteiger partial charge in [-0.25, -0.2) is 9.97 Å². The van der Waals surface area contributed by atoms with Crippen molar-refractivity contribution >= 4 is 39.0 Å². The van der Waals surface area contributed by atoms with Crippen LogP contribution in [-0.2, 0) is 5.75 Å². The van der Waals surface area contributed by atoms with E-state index in [4.69, 9.17) is 4.98 Å². The van der Waals surface area contributed by atoms with Crippen LogP contribution in [0.3, 0.4) is 0 Å². The largest absolute Gasteiger partial charge is 0.258 e. The molecule has 0 spiro atoms. The van der Waals surface area contributed by atoms with Crippen molar-refractivity contribution in [2.24, 2.45) is 0 Å². The number of thiazole rings is 1. The number of halogens is 1. The van der Waals surface area contributed by atoms with Crippen molar-refractivity contribution in [3.8, 4) is 22.0 Å². The standard InChI is InChI=1S/C18H13BrN4S2/c19-14-8-6-12(7-9-14)16-21-18(23-22-16)25-11-15-10-24-17(20-15)13-4-2-1-3-5-13/h1-10H,11H2,(H,21,22,23). The summed E-state index contributed by atoms with van der Waals surface area (Å²) in [7, 11) is 0. The number of rotatable bonds is 5. The van der Waals surface area contributed by atoms with E-state index in [2.05, 4.69) is 48.6 Å². The monoisotopic (exact) mass is 428 g/mol. The summed E-state index contributed by atoms with van der Waals surface area (Å²) in [5, 5.41) is 11.1. The third-order valence-electron chi connectivity index (χ3n) is 3.50. The maximum atomic E-state index is 4.70. The zero-order valence-electron chi connectivity index (χ0n) is 13.0. The molecule has 4 rings (SSSR count). The number of nitrogens with zero attached hydrogens (tertiary/aromatic N) is 3. The quantitative estimate of drug-likeness (QED) is 0.417. The van der Waals surface area contributed by atoms with Gasteiger partial charge in [0.25, 0.3) is 0 Å². The molecule has 0 radical (unpaired) electrons. The lowest BCUT2D eigenvalue weighted by Gasteiger charge is -1.96. The Morgan fingerprint density at radius 2 is 1.76 bits per heavy atom. The summed E-state index contributed by atoms with van der Waals surface area (Å²) >= 11 is 6.68. The predicted octanol–water partition coefficient (Wildman–Crippen LogP) is 5.65. The lowest BCUT2D eigenvalue weighted by atomic mass is 10.2. The number of aromatic amines is 1. The first kappa shape index (κ1) is 16.5. The van der Waals surface area contributed by atoms with Crippen LogP contribution in [0.5, 0.6) is 0 Å². The summed E-state index contributed by atoms with van der Waals surface area (Å²) in [6, 6.07) is 18.2. The van der Waals surface area contributed by atoms with Gasteiger partial charge in [-0.3, -0.25) is 5.10 Å². The second-order valence-electron chi connectivity index (χ2n) is 5.27. The number of nitrogens with one attached hydrogen (secondary N) is 1. The van der Waals surface area contributed by atoms with Crippen molar-refractivity contribution in [3.05, 3.63) is 70.1 Å². The van der Waals surface area contributed by atoms with Gasteiger partial charge in [0, 0.05) is 26.7 Å². The highest BCUT2D eigenvalue weighted by Gasteiger charge is 2.09. The number of benzene rings is 2. The van der Waals surface area contributed by atoms with E-state index < -0.39 is 0 Å². The number of hydrogen-bond acceptors (Lipinski definition) is 5. The smallest absolute Gasteiger partial charge is 0.209 e. The molecule has 1 N–H and O–H groups in total. The molecule has 2 aromatic carbocycles. The van der Waals surface area contributed by atoms with Crippen LogP contribution in [0.25, 0.3) is 22.0 Å². The van der Waals surface area contributed by atoms with Crippen LogP contribution >= 0.6 is 39.0 Å². The van der Waals surface area contributed by atoms with E-state index in [-0.39, 0.29) is 0 Å². The molecular weight excluding hydrogens is 416 g/mol. The van der Waals surface area contributed by atoms with Crippen LogP contribution in [0.15, 0.2) is 69.6 Å². The Hall–Kier alpha value is -1.96. The van der Waals surface area contributed by atoms with E-state index in [1.54, 1.807) is 23.1 Å². The topological polar surface area (TPSA) is 54.5 Å². The summed E-state index contributed by atoms with van der Waals surface area (Å²) in [6.45, 7) is 0. The molecule has 0 saturated heterocycles. The molecule has 0 aliphatic rings. The fourth-order valence-corrected chi connectivity index (χ4v) is 4.16. The molecule has 0 amide bonds. The van der Waals surface area contributed by atoms with Crippen LogP contribution in [0.2, 0.25) is 0 Å². The van der Waals surface area contributed by atoms with Gasteiger partial charge < -0.3 is 0 Å². The molecule has 4 aromatic rings. The summed E-state index contributed by atoms with van der Waals surface area (Å²) < 4.78 is 1.04. The Kier molecular flexibility index (Phi) is 4.96. The molecule has 0 fully saturated rings.